The van der Waals surface area contributed by atoms with Crippen LogP contribution in [0.1, 0.15) is 136 Å². The molecule has 0 aromatic carbocycles. The third-order valence-corrected chi connectivity index (χ3v) is 6.74. The Kier molecular flexibility index (Phi) is 31.4. The van der Waals surface area contributed by atoms with Crippen molar-refractivity contribution in [2.45, 2.75) is 142 Å². The quantitative estimate of drug-likeness (QED) is 0.0356. The molecule has 0 saturated heterocycles. The molecule has 6 nitrogen and oxygen atoms in total. The lowest BCUT2D eigenvalue weighted by molar-refractivity contribution is -0.166. The van der Waals surface area contributed by atoms with Crippen molar-refractivity contribution < 1.29 is 28.6 Å². The molecule has 0 aromatic heterocycles. The molecule has 0 saturated carbocycles. The summed E-state index contributed by atoms with van der Waals surface area (Å²) in [5.41, 5.74) is 0. The summed E-state index contributed by atoms with van der Waals surface area (Å²) in [5, 5.41) is 0. The van der Waals surface area contributed by atoms with Crippen molar-refractivity contribution in [3.05, 3.63) is 72.9 Å². The molecule has 0 aromatic rings. The normalized spacial score (nSPS) is 12.3. The molecule has 6 heteroatoms. The van der Waals surface area contributed by atoms with Crippen LogP contribution in [0.4, 0.5) is 0 Å². The summed E-state index contributed by atoms with van der Waals surface area (Å²) in [6, 6.07) is 0. The Morgan fingerprint density at radius 1 is 0.467 bits per heavy atom. The van der Waals surface area contributed by atoms with Gasteiger partial charge in [-0.15, -0.1) is 0 Å². The summed E-state index contributed by atoms with van der Waals surface area (Å²) >= 11 is 0. The Hall–Kier alpha value is -3.15. The molecular weight excluding hydrogens is 564 g/mol. The van der Waals surface area contributed by atoms with Gasteiger partial charge in [0.15, 0.2) is 6.10 Å². The Bertz CT molecular complexity index is 880. The minimum absolute atomic E-state index is 0.110. The maximum atomic E-state index is 12.4. The lowest BCUT2D eigenvalue weighted by atomic mass is 10.1. The first-order valence-corrected chi connectivity index (χ1v) is 17.4. The number of ether oxygens (including phenoxy) is 3. The standard InChI is InChI=1S/C39H62O6/c1-4-7-10-13-14-15-16-17-18-19-20-21-22-23-24-25-26-27-30-33-39(42)45-36(34-43-37(40)31-28-11-8-5-2)35-44-38(41)32-29-12-9-6-3/h7,10,14-15,17-18,20-21,23-24,26-27,36H,4-6,8-9,11-13,16,19,22,25,28-35H2,1-3H3/b10-7-,15-14-,18-17-,21-20-,24-23-,27-26-. The fourth-order valence-electron chi connectivity index (χ4n) is 4.11. The van der Waals surface area contributed by atoms with Gasteiger partial charge in [0.25, 0.3) is 0 Å². The highest BCUT2D eigenvalue weighted by Crippen LogP contribution is 2.08. The van der Waals surface area contributed by atoms with E-state index < -0.39 is 12.1 Å². The molecule has 0 bridgehead atoms. The van der Waals surface area contributed by atoms with Crippen molar-refractivity contribution in [2.75, 3.05) is 13.2 Å². The second-order valence-corrected chi connectivity index (χ2v) is 11.1. The van der Waals surface area contributed by atoms with Gasteiger partial charge in [-0.1, -0.05) is 132 Å². The molecule has 0 spiro atoms. The average Bonchev–Trinajstić information content (AvgIpc) is 3.03. The van der Waals surface area contributed by atoms with Gasteiger partial charge in [0, 0.05) is 19.3 Å². The van der Waals surface area contributed by atoms with Gasteiger partial charge < -0.3 is 14.2 Å². The molecule has 0 aliphatic heterocycles. The summed E-state index contributed by atoms with van der Waals surface area (Å²) in [6.07, 6.45) is 39.9. The van der Waals surface area contributed by atoms with Crippen LogP contribution >= 0.6 is 0 Å². The van der Waals surface area contributed by atoms with E-state index in [1.807, 2.05) is 12.2 Å². The molecule has 0 heterocycles. The molecule has 0 radical (unpaired) electrons. The van der Waals surface area contributed by atoms with E-state index >= 15 is 0 Å². The number of rotatable bonds is 29. The third-order valence-electron chi connectivity index (χ3n) is 6.74. The Morgan fingerprint density at radius 2 is 0.867 bits per heavy atom. The maximum Gasteiger partial charge on any atom is 0.306 e. The highest BCUT2D eigenvalue weighted by atomic mass is 16.6. The average molecular weight is 627 g/mol. The summed E-state index contributed by atoms with van der Waals surface area (Å²) in [6.45, 7) is 6.16. The maximum absolute atomic E-state index is 12.4. The van der Waals surface area contributed by atoms with E-state index in [9.17, 15) is 14.4 Å². The first kappa shape index (κ1) is 41.9. The molecule has 0 aliphatic rings. The number of esters is 3. The molecule has 254 valence electrons. The molecule has 0 atom stereocenters. The van der Waals surface area contributed by atoms with Crippen LogP contribution < -0.4 is 0 Å². The second-order valence-electron chi connectivity index (χ2n) is 11.1. The SMILES string of the molecule is CC/C=C\C/C=C\C/C=C\C/C=C\C/C=C\C/C=C\CCC(=O)OC(COC(=O)CCCCCC)COC(=O)CCCCCC. The lowest BCUT2D eigenvalue weighted by Gasteiger charge is -2.18. The van der Waals surface area contributed by atoms with Gasteiger partial charge in [0.2, 0.25) is 0 Å². The highest BCUT2D eigenvalue weighted by molar-refractivity contribution is 5.71. The van der Waals surface area contributed by atoms with E-state index in [0.717, 1.165) is 89.9 Å². The number of allylic oxidation sites excluding steroid dienone is 12. The van der Waals surface area contributed by atoms with E-state index in [0.29, 0.717) is 19.3 Å². The van der Waals surface area contributed by atoms with Crippen LogP contribution in [0, 0.1) is 0 Å². The number of hydrogen-bond acceptors (Lipinski definition) is 6. The molecule has 0 rings (SSSR count). The topological polar surface area (TPSA) is 78.9 Å². The van der Waals surface area contributed by atoms with E-state index in [2.05, 4.69) is 81.5 Å². The van der Waals surface area contributed by atoms with Gasteiger partial charge in [-0.3, -0.25) is 14.4 Å². The summed E-state index contributed by atoms with van der Waals surface area (Å²) < 4.78 is 16.2. The predicted octanol–water partition coefficient (Wildman–Crippen LogP) is 10.4. The van der Waals surface area contributed by atoms with Crippen molar-refractivity contribution in [3.8, 4) is 0 Å². The van der Waals surface area contributed by atoms with Gasteiger partial charge >= 0.3 is 17.9 Å². The highest BCUT2D eigenvalue weighted by Gasteiger charge is 2.19. The zero-order valence-electron chi connectivity index (χ0n) is 28.6. The van der Waals surface area contributed by atoms with E-state index in [-0.39, 0.29) is 31.6 Å². The monoisotopic (exact) mass is 626 g/mol. The number of carbonyl (C=O) groups excluding carboxylic acids is 3. The van der Waals surface area contributed by atoms with Crippen molar-refractivity contribution in [1.29, 1.82) is 0 Å². The molecule has 45 heavy (non-hydrogen) atoms. The molecular formula is C39H62O6. The third kappa shape index (κ3) is 32.1. The van der Waals surface area contributed by atoms with Crippen LogP contribution in [0.2, 0.25) is 0 Å². The van der Waals surface area contributed by atoms with Gasteiger partial charge in [-0.2, -0.15) is 0 Å². The van der Waals surface area contributed by atoms with Gasteiger partial charge in [-0.25, -0.2) is 0 Å². The fourth-order valence-corrected chi connectivity index (χ4v) is 4.11. The Balaban J connectivity index is 4.32. The van der Waals surface area contributed by atoms with Crippen molar-refractivity contribution in [1.82, 2.24) is 0 Å². The van der Waals surface area contributed by atoms with E-state index in [4.69, 9.17) is 14.2 Å². The summed E-state index contributed by atoms with van der Waals surface area (Å²) in [5.74, 6) is -1.05. The van der Waals surface area contributed by atoms with Crippen molar-refractivity contribution >= 4 is 17.9 Å². The number of unbranched alkanes of at least 4 members (excludes halogenated alkanes) is 6. The minimum atomic E-state index is -0.804. The second kappa shape index (κ2) is 33.7. The number of carbonyl (C=O) groups is 3. The molecule has 0 aliphatic carbocycles. The van der Waals surface area contributed by atoms with Crippen molar-refractivity contribution in [2.24, 2.45) is 0 Å². The van der Waals surface area contributed by atoms with Crippen LogP contribution in [-0.4, -0.2) is 37.2 Å². The fraction of sp³-hybridized carbons (Fsp3) is 0.615. The number of hydrogen-bond donors (Lipinski definition) is 0. The zero-order chi connectivity index (χ0) is 33.1. The minimum Gasteiger partial charge on any atom is -0.462 e. The molecule has 0 unspecified atom stereocenters. The predicted molar refractivity (Wildman–Crippen MR) is 187 cm³/mol. The Morgan fingerprint density at radius 3 is 1.27 bits per heavy atom. The molecule has 0 fully saturated rings. The van der Waals surface area contributed by atoms with E-state index in [1.54, 1.807) is 0 Å². The van der Waals surface area contributed by atoms with Crippen LogP contribution in [0.3, 0.4) is 0 Å². The van der Waals surface area contributed by atoms with Gasteiger partial charge in [0.05, 0.1) is 0 Å². The summed E-state index contributed by atoms with van der Waals surface area (Å²) in [4.78, 5) is 36.7. The van der Waals surface area contributed by atoms with E-state index in [1.165, 1.54) is 0 Å². The Labute approximate surface area is 274 Å². The molecule has 0 amide bonds. The first-order chi connectivity index (χ1) is 22.0. The smallest absolute Gasteiger partial charge is 0.306 e. The molecule has 0 N–H and O–H groups in total. The van der Waals surface area contributed by atoms with Crippen LogP contribution in [0.15, 0.2) is 72.9 Å². The first-order valence-electron chi connectivity index (χ1n) is 17.4. The zero-order valence-corrected chi connectivity index (χ0v) is 28.6. The largest absolute Gasteiger partial charge is 0.462 e. The van der Waals surface area contributed by atoms with Crippen LogP contribution in [0.25, 0.3) is 0 Å². The van der Waals surface area contributed by atoms with Gasteiger partial charge in [-0.05, 0) is 57.8 Å². The van der Waals surface area contributed by atoms with Crippen LogP contribution in [-0.2, 0) is 28.6 Å². The van der Waals surface area contributed by atoms with Crippen LogP contribution in [0.5, 0.6) is 0 Å². The van der Waals surface area contributed by atoms with Crippen molar-refractivity contribution in [3.63, 3.8) is 0 Å². The van der Waals surface area contributed by atoms with Gasteiger partial charge in [0.1, 0.15) is 13.2 Å². The summed E-state index contributed by atoms with van der Waals surface area (Å²) in [7, 11) is 0. The lowest BCUT2D eigenvalue weighted by Crippen LogP contribution is -2.30.